The van der Waals surface area contributed by atoms with Crippen LogP contribution in [0.25, 0.3) is 0 Å². The van der Waals surface area contributed by atoms with Crippen LogP contribution in [0.5, 0.6) is 0 Å². The van der Waals surface area contributed by atoms with Gasteiger partial charge in [-0.1, -0.05) is 18.2 Å². The quantitative estimate of drug-likeness (QED) is 0.682. The highest BCUT2D eigenvalue weighted by atomic mass is 16.2. The van der Waals surface area contributed by atoms with Crippen molar-refractivity contribution in [3.8, 4) is 0 Å². The van der Waals surface area contributed by atoms with Gasteiger partial charge in [0, 0.05) is 76.5 Å². The van der Waals surface area contributed by atoms with Gasteiger partial charge in [0.15, 0.2) is 5.82 Å². The Hall–Kier alpha value is -2.84. The molecule has 2 aromatic rings. The summed E-state index contributed by atoms with van der Waals surface area (Å²) in [6.45, 7) is 4.49. The minimum Gasteiger partial charge on any atom is -0.328 e. The predicted octanol–water partition coefficient (Wildman–Crippen LogP) is 2.14. The van der Waals surface area contributed by atoms with Gasteiger partial charge in [-0.2, -0.15) is 5.10 Å². The van der Waals surface area contributed by atoms with Gasteiger partial charge in [-0.25, -0.2) is 5.01 Å². The Bertz CT molecular complexity index is 902. The third kappa shape index (κ3) is 5.08. The van der Waals surface area contributed by atoms with Gasteiger partial charge in [0.1, 0.15) is 6.67 Å². The van der Waals surface area contributed by atoms with Crippen LogP contribution < -0.4 is 9.80 Å². The molecular formula is C23H32N7O. The summed E-state index contributed by atoms with van der Waals surface area (Å²) in [6.07, 6.45) is 6.16. The number of anilines is 2. The molecule has 1 aromatic carbocycles. The van der Waals surface area contributed by atoms with Crippen molar-refractivity contribution in [3.05, 3.63) is 54.5 Å². The van der Waals surface area contributed by atoms with E-state index in [2.05, 4.69) is 56.3 Å². The van der Waals surface area contributed by atoms with Gasteiger partial charge in [-0.15, -0.1) is 0 Å². The Labute approximate surface area is 184 Å². The van der Waals surface area contributed by atoms with Crippen LogP contribution >= 0.6 is 0 Å². The van der Waals surface area contributed by atoms with Crippen LogP contribution in [-0.2, 0) is 11.8 Å². The number of nitrogens with zero attached hydrogens (tertiary/aromatic N) is 7. The molecule has 3 heterocycles. The normalized spacial score (nSPS) is 17.8. The second-order valence-electron chi connectivity index (χ2n) is 8.29. The van der Waals surface area contributed by atoms with E-state index < -0.39 is 0 Å². The topological polar surface area (TPSA) is 51.1 Å². The number of hydrazine groups is 1. The highest BCUT2D eigenvalue weighted by Crippen LogP contribution is 2.29. The van der Waals surface area contributed by atoms with Crippen LogP contribution in [0.1, 0.15) is 19.3 Å². The number of hydrogen-bond acceptors (Lipinski definition) is 6. The maximum absolute atomic E-state index is 12.7. The highest BCUT2D eigenvalue weighted by molar-refractivity contribution is 5.75. The first-order chi connectivity index (χ1) is 15.0. The largest absolute Gasteiger partial charge is 0.328 e. The number of amides is 1. The first-order valence-corrected chi connectivity index (χ1v) is 10.9. The molecule has 0 spiro atoms. The molecule has 0 aliphatic carbocycles. The van der Waals surface area contributed by atoms with Crippen molar-refractivity contribution in [1.29, 1.82) is 0 Å². The van der Waals surface area contributed by atoms with Gasteiger partial charge in [0.05, 0.1) is 0 Å². The molecule has 4 rings (SSSR count). The van der Waals surface area contributed by atoms with E-state index in [4.69, 9.17) is 0 Å². The molecule has 0 N–H and O–H groups in total. The molecule has 0 bridgehead atoms. The average Bonchev–Trinajstić information content (AvgIpc) is 3.40. The van der Waals surface area contributed by atoms with Gasteiger partial charge in [-0.3, -0.25) is 14.5 Å². The standard InChI is InChI=1S/C23H32N7O/c1-25-14-16-29(17-15-25)27(3)23(31)11-7-10-21-18-28(20-8-5-4-6-9-20)19-30(21)22-12-13-26(2)24-22/h4-6,8-9,13,18H,7,10-11,14-17,19H2,1-3H3. The molecule has 165 valence electrons. The minimum atomic E-state index is 0.180. The minimum absolute atomic E-state index is 0.180. The van der Waals surface area contributed by atoms with Crippen molar-refractivity contribution in [2.75, 3.05) is 56.7 Å². The Balaban J connectivity index is 1.38. The Morgan fingerprint density at radius 1 is 1.13 bits per heavy atom. The van der Waals surface area contributed by atoms with Crippen LogP contribution in [-0.4, -0.2) is 77.5 Å². The summed E-state index contributed by atoms with van der Waals surface area (Å²) in [5.74, 6) is 0.993. The van der Waals surface area contributed by atoms with Gasteiger partial charge in [-0.05, 0) is 32.0 Å². The number of carbonyl (C=O) groups excluding carboxylic acids is 1. The van der Waals surface area contributed by atoms with Gasteiger partial charge in [0.25, 0.3) is 0 Å². The molecule has 1 radical (unpaired) electrons. The summed E-state index contributed by atoms with van der Waals surface area (Å²) in [4.78, 5) is 19.4. The number of carbonyl (C=O) groups is 1. The van der Waals surface area contributed by atoms with Crippen LogP contribution in [0, 0.1) is 6.07 Å². The van der Waals surface area contributed by atoms with E-state index in [9.17, 15) is 4.79 Å². The maximum atomic E-state index is 12.7. The maximum Gasteiger partial charge on any atom is 0.236 e. The lowest BCUT2D eigenvalue weighted by Gasteiger charge is -2.38. The zero-order chi connectivity index (χ0) is 21.8. The Kier molecular flexibility index (Phi) is 6.58. The number of para-hydroxylation sites is 1. The van der Waals surface area contributed by atoms with E-state index in [0.29, 0.717) is 13.1 Å². The number of aromatic nitrogens is 2. The molecule has 1 amide bonds. The summed E-state index contributed by atoms with van der Waals surface area (Å²) >= 11 is 0. The van der Waals surface area contributed by atoms with Crippen LogP contribution in [0.15, 0.2) is 48.4 Å². The summed E-state index contributed by atoms with van der Waals surface area (Å²) in [5, 5.41) is 8.52. The molecule has 0 saturated carbocycles. The van der Waals surface area contributed by atoms with Crippen molar-refractivity contribution in [2.24, 2.45) is 7.05 Å². The molecule has 1 aromatic heterocycles. The third-order valence-electron chi connectivity index (χ3n) is 6.01. The Morgan fingerprint density at radius 2 is 1.87 bits per heavy atom. The van der Waals surface area contributed by atoms with E-state index >= 15 is 0 Å². The summed E-state index contributed by atoms with van der Waals surface area (Å²) in [7, 11) is 5.92. The van der Waals surface area contributed by atoms with E-state index in [0.717, 1.165) is 56.2 Å². The first kappa shape index (κ1) is 21.4. The lowest BCUT2D eigenvalue weighted by molar-refractivity contribution is -0.148. The van der Waals surface area contributed by atoms with Crippen molar-refractivity contribution < 1.29 is 4.79 Å². The molecule has 8 nitrogen and oxygen atoms in total. The first-order valence-electron chi connectivity index (χ1n) is 10.9. The zero-order valence-electron chi connectivity index (χ0n) is 18.7. The molecule has 1 saturated heterocycles. The van der Waals surface area contributed by atoms with E-state index in [1.807, 2.05) is 43.5 Å². The van der Waals surface area contributed by atoms with E-state index in [1.165, 1.54) is 0 Å². The second kappa shape index (κ2) is 9.53. The molecule has 8 heteroatoms. The van der Waals surface area contributed by atoms with Crippen LogP contribution in [0.3, 0.4) is 0 Å². The van der Waals surface area contributed by atoms with Gasteiger partial charge < -0.3 is 14.7 Å². The molecular weight excluding hydrogens is 390 g/mol. The van der Waals surface area contributed by atoms with Crippen molar-refractivity contribution in [3.63, 3.8) is 0 Å². The monoisotopic (exact) mass is 422 g/mol. The molecule has 0 atom stereocenters. The van der Waals surface area contributed by atoms with Gasteiger partial charge >= 0.3 is 0 Å². The third-order valence-corrected chi connectivity index (χ3v) is 6.01. The lowest BCUT2D eigenvalue weighted by atomic mass is 10.2. The lowest BCUT2D eigenvalue weighted by Crippen LogP contribution is -2.53. The van der Waals surface area contributed by atoms with Crippen molar-refractivity contribution >= 4 is 17.4 Å². The van der Waals surface area contributed by atoms with Crippen LogP contribution in [0.2, 0.25) is 0 Å². The number of likely N-dealkylation sites (N-methyl/N-ethyl adjacent to an activating group) is 1. The summed E-state index contributed by atoms with van der Waals surface area (Å²) < 4.78 is 1.77. The number of benzene rings is 1. The molecule has 2 aliphatic heterocycles. The second-order valence-corrected chi connectivity index (χ2v) is 8.29. The molecule has 1 fully saturated rings. The van der Waals surface area contributed by atoms with Crippen LogP contribution in [0.4, 0.5) is 11.5 Å². The number of piperazine rings is 1. The fraction of sp³-hybridized carbons (Fsp3) is 0.478. The summed E-state index contributed by atoms with van der Waals surface area (Å²) in [5.41, 5.74) is 2.30. The number of allylic oxidation sites excluding steroid dienone is 1. The number of hydrogen-bond donors (Lipinski definition) is 0. The van der Waals surface area contributed by atoms with E-state index in [-0.39, 0.29) is 5.91 Å². The molecule has 0 unspecified atom stereocenters. The van der Waals surface area contributed by atoms with Crippen molar-refractivity contribution in [1.82, 2.24) is 24.7 Å². The fourth-order valence-electron chi connectivity index (χ4n) is 4.04. The fourth-order valence-corrected chi connectivity index (χ4v) is 4.04. The number of aryl methyl sites for hydroxylation is 1. The zero-order valence-corrected chi connectivity index (χ0v) is 18.7. The van der Waals surface area contributed by atoms with Gasteiger partial charge in [0.2, 0.25) is 5.91 Å². The van der Waals surface area contributed by atoms with Crippen molar-refractivity contribution in [2.45, 2.75) is 19.3 Å². The average molecular weight is 423 g/mol. The highest BCUT2D eigenvalue weighted by Gasteiger charge is 2.26. The molecule has 2 aliphatic rings. The SMILES string of the molecule is CN1CCN(N(C)C(=O)CCCC2=CN(c3ccccc3)CN2c2[c]cn(C)n2)CC1. The van der Waals surface area contributed by atoms with E-state index in [1.54, 1.807) is 4.68 Å². The Morgan fingerprint density at radius 3 is 2.55 bits per heavy atom. The smallest absolute Gasteiger partial charge is 0.236 e. The number of rotatable bonds is 7. The summed E-state index contributed by atoms with van der Waals surface area (Å²) in [6, 6.07) is 13.6. The molecule has 31 heavy (non-hydrogen) atoms. The predicted molar refractivity (Wildman–Crippen MR) is 122 cm³/mol.